The number of hydrogen-bond donors (Lipinski definition) is 0. The van der Waals surface area contributed by atoms with E-state index < -0.39 is 0 Å². The second-order valence-corrected chi connectivity index (χ2v) is 7.73. The van der Waals surface area contributed by atoms with Crippen LogP contribution in [-0.2, 0) is 4.79 Å². The molecule has 5 rings (SSSR count). The largest absolute Gasteiger partial charge is 0.368 e. The van der Waals surface area contributed by atoms with Crippen molar-refractivity contribution in [1.29, 1.82) is 0 Å². The van der Waals surface area contributed by atoms with Gasteiger partial charge in [0.15, 0.2) is 5.65 Å². The predicted octanol–water partition coefficient (Wildman–Crippen LogP) is 1.69. The van der Waals surface area contributed by atoms with E-state index in [0.29, 0.717) is 5.91 Å². The maximum absolute atomic E-state index is 13.0. The second kappa shape index (κ2) is 7.69. The summed E-state index contributed by atoms with van der Waals surface area (Å²) >= 11 is 0. The molecule has 0 unspecified atom stereocenters. The van der Waals surface area contributed by atoms with E-state index in [1.807, 2.05) is 18.2 Å². The standard InChI is InChI=1S/C21H25N7O/c29-21(27-14-12-25(13-15-27)18-4-2-1-3-5-18)17-8-10-26(11-9-17)20-7-6-19-23-22-16-28(19)24-20/h1-7,16-17H,8-15H2. The van der Waals surface area contributed by atoms with Crippen molar-refractivity contribution < 1.29 is 4.79 Å². The number of piperazine rings is 1. The van der Waals surface area contributed by atoms with Gasteiger partial charge in [0, 0.05) is 50.9 Å². The molecule has 0 spiro atoms. The van der Waals surface area contributed by atoms with Gasteiger partial charge >= 0.3 is 0 Å². The first-order chi connectivity index (χ1) is 14.3. The van der Waals surface area contributed by atoms with Crippen molar-refractivity contribution in [3.05, 3.63) is 48.8 Å². The average Bonchev–Trinajstić information content (AvgIpc) is 3.27. The molecule has 2 fully saturated rings. The minimum Gasteiger partial charge on any atom is -0.368 e. The normalized spacial score (nSPS) is 18.4. The fourth-order valence-corrected chi connectivity index (χ4v) is 4.32. The molecule has 2 saturated heterocycles. The Kier molecular flexibility index (Phi) is 4.75. The van der Waals surface area contributed by atoms with E-state index in [0.717, 1.165) is 63.6 Å². The Morgan fingerprint density at radius 3 is 2.38 bits per heavy atom. The molecule has 8 heteroatoms. The highest BCUT2D eigenvalue weighted by Gasteiger charge is 2.31. The van der Waals surface area contributed by atoms with E-state index >= 15 is 0 Å². The minimum atomic E-state index is 0.119. The number of amides is 1. The number of carbonyl (C=O) groups excluding carboxylic acids is 1. The summed E-state index contributed by atoms with van der Waals surface area (Å²) in [7, 11) is 0. The molecular weight excluding hydrogens is 366 g/mol. The monoisotopic (exact) mass is 391 g/mol. The summed E-state index contributed by atoms with van der Waals surface area (Å²) in [5.74, 6) is 1.35. The lowest BCUT2D eigenvalue weighted by Gasteiger charge is -2.39. The molecule has 4 heterocycles. The van der Waals surface area contributed by atoms with Crippen LogP contribution in [0.4, 0.5) is 11.5 Å². The Balaban J connectivity index is 1.15. The van der Waals surface area contributed by atoms with Gasteiger partial charge in [-0.3, -0.25) is 4.79 Å². The van der Waals surface area contributed by atoms with Crippen molar-refractivity contribution in [3.8, 4) is 0 Å². The van der Waals surface area contributed by atoms with Crippen LogP contribution < -0.4 is 9.80 Å². The molecule has 0 saturated carbocycles. The maximum atomic E-state index is 13.0. The molecule has 3 aromatic rings. The molecule has 0 atom stereocenters. The van der Waals surface area contributed by atoms with Crippen LogP contribution in [0.5, 0.6) is 0 Å². The van der Waals surface area contributed by atoms with E-state index in [1.165, 1.54) is 5.69 Å². The van der Waals surface area contributed by atoms with Crippen molar-refractivity contribution in [2.75, 3.05) is 49.1 Å². The second-order valence-electron chi connectivity index (χ2n) is 7.73. The van der Waals surface area contributed by atoms with Crippen LogP contribution in [0.2, 0.25) is 0 Å². The fourth-order valence-electron chi connectivity index (χ4n) is 4.32. The number of piperidine rings is 1. The van der Waals surface area contributed by atoms with Crippen LogP contribution in [0.15, 0.2) is 48.8 Å². The third-order valence-corrected chi connectivity index (χ3v) is 6.03. The SMILES string of the molecule is O=C(C1CCN(c2ccc3nncn3n2)CC1)N1CCN(c2ccccc2)CC1. The lowest BCUT2D eigenvalue weighted by atomic mass is 9.95. The van der Waals surface area contributed by atoms with E-state index in [4.69, 9.17) is 0 Å². The summed E-state index contributed by atoms with van der Waals surface area (Å²) in [6.45, 7) is 5.11. The van der Waals surface area contributed by atoms with Crippen molar-refractivity contribution in [2.24, 2.45) is 5.92 Å². The van der Waals surface area contributed by atoms with Gasteiger partial charge in [-0.05, 0) is 37.1 Å². The first-order valence-corrected chi connectivity index (χ1v) is 10.3. The van der Waals surface area contributed by atoms with Crippen LogP contribution in [-0.4, -0.2) is 69.9 Å². The maximum Gasteiger partial charge on any atom is 0.225 e. The molecule has 0 bridgehead atoms. The number of aromatic nitrogens is 4. The fraction of sp³-hybridized carbons (Fsp3) is 0.429. The molecule has 0 N–H and O–H groups in total. The topological polar surface area (TPSA) is 69.9 Å². The molecule has 0 radical (unpaired) electrons. The zero-order valence-corrected chi connectivity index (χ0v) is 16.4. The van der Waals surface area contributed by atoms with Gasteiger partial charge < -0.3 is 14.7 Å². The summed E-state index contributed by atoms with van der Waals surface area (Å²) in [5.41, 5.74) is 1.99. The van der Waals surface area contributed by atoms with Crippen molar-refractivity contribution in [1.82, 2.24) is 24.7 Å². The number of fused-ring (bicyclic) bond motifs is 1. The molecule has 1 aromatic carbocycles. The quantitative estimate of drug-likeness (QED) is 0.677. The highest BCUT2D eigenvalue weighted by atomic mass is 16.2. The van der Waals surface area contributed by atoms with Gasteiger partial charge in [-0.25, -0.2) is 0 Å². The van der Waals surface area contributed by atoms with Crippen molar-refractivity contribution >= 4 is 23.1 Å². The first-order valence-electron chi connectivity index (χ1n) is 10.3. The van der Waals surface area contributed by atoms with E-state index in [2.05, 4.69) is 54.3 Å². The van der Waals surface area contributed by atoms with Crippen LogP contribution >= 0.6 is 0 Å². The highest BCUT2D eigenvalue weighted by Crippen LogP contribution is 2.24. The molecule has 8 nitrogen and oxygen atoms in total. The summed E-state index contributed by atoms with van der Waals surface area (Å²) < 4.78 is 1.69. The number of nitrogens with zero attached hydrogens (tertiary/aromatic N) is 7. The van der Waals surface area contributed by atoms with Crippen molar-refractivity contribution in [2.45, 2.75) is 12.8 Å². The van der Waals surface area contributed by atoms with E-state index in [9.17, 15) is 4.79 Å². The summed E-state index contributed by atoms with van der Waals surface area (Å²) in [6.07, 6.45) is 3.36. The molecule has 2 aliphatic rings. The Labute approximate surface area is 169 Å². The summed E-state index contributed by atoms with van der Waals surface area (Å²) in [4.78, 5) is 19.7. The number of carbonyl (C=O) groups is 1. The lowest BCUT2D eigenvalue weighted by Crippen LogP contribution is -2.51. The Hall–Kier alpha value is -3.16. The molecule has 150 valence electrons. The van der Waals surface area contributed by atoms with Crippen LogP contribution in [0.1, 0.15) is 12.8 Å². The summed E-state index contributed by atoms with van der Waals surface area (Å²) in [5, 5.41) is 12.4. The van der Waals surface area contributed by atoms with Crippen LogP contribution in [0.3, 0.4) is 0 Å². The number of anilines is 2. The zero-order chi connectivity index (χ0) is 19.6. The van der Waals surface area contributed by atoms with Gasteiger partial charge in [0.25, 0.3) is 0 Å². The number of benzene rings is 1. The predicted molar refractivity (Wildman–Crippen MR) is 111 cm³/mol. The van der Waals surface area contributed by atoms with Gasteiger partial charge in [0.2, 0.25) is 5.91 Å². The lowest BCUT2D eigenvalue weighted by molar-refractivity contribution is -0.136. The molecule has 29 heavy (non-hydrogen) atoms. The molecule has 0 aliphatic carbocycles. The summed E-state index contributed by atoms with van der Waals surface area (Å²) in [6, 6.07) is 14.4. The number of para-hydroxylation sites is 1. The molecule has 1 amide bonds. The molecule has 2 aromatic heterocycles. The smallest absolute Gasteiger partial charge is 0.225 e. The highest BCUT2D eigenvalue weighted by molar-refractivity contribution is 5.79. The number of rotatable bonds is 3. The molecular formula is C21H25N7O. The molecule has 2 aliphatic heterocycles. The number of hydrogen-bond acceptors (Lipinski definition) is 6. The van der Waals surface area contributed by atoms with E-state index in [-0.39, 0.29) is 5.92 Å². The Morgan fingerprint density at radius 1 is 0.862 bits per heavy atom. The van der Waals surface area contributed by atoms with Gasteiger partial charge in [-0.2, -0.15) is 4.52 Å². The Bertz CT molecular complexity index is 973. The van der Waals surface area contributed by atoms with Gasteiger partial charge in [0.1, 0.15) is 12.1 Å². The van der Waals surface area contributed by atoms with Gasteiger partial charge in [-0.15, -0.1) is 15.3 Å². The third kappa shape index (κ3) is 3.62. The Morgan fingerprint density at radius 2 is 1.62 bits per heavy atom. The third-order valence-electron chi connectivity index (χ3n) is 6.03. The van der Waals surface area contributed by atoms with Crippen molar-refractivity contribution in [3.63, 3.8) is 0 Å². The van der Waals surface area contributed by atoms with E-state index in [1.54, 1.807) is 10.8 Å². The van der Waals surface area contributed by atoms with Crippen LogP contribution in [0.25, 0.3) is 5.65 Å². The average molecular weight is 391 g/mol. The minimum absolute atomic E-state index is 0.119. The zero-order valence-electron chi connectivity index (χ0n) is 16.4. The first kappa shape index (κ1) is 17.9. The van der Waals surface area contributed by atoms with Gasteiger partial charge in [0.05, 0.1) is 0 Å². The van der Waals surface area contributed by atoms with Crippen LogP contribution in [0, 0.1) is 5.92 Å². The van der Waals surface area contributed by atoms with Gasteiger partial charge in [-0.1, -0.05) is 18.2 Å².